The molecule has 1 amide bonds. The van der Waals surface area contributed by atoms with Crippen molar-refractivity contribution in [2.75, 3.05) is 31.6 Å². The van der Waals surface area contributed by atoms with Gasteiger partial charge in [0.2, 0.25) is 0 Å². The summed E-state index contributed by atoms with van der Waals surface area (Å²) in [5.41, 5.74) is 12.2. The Morgan fingerprint density at radius 1 is 1.19 bits per heavy atom. The van der Waals surface area contributed by atoms with Gasteiger partial charge < -0.3 is 25.3 Å². The summed E-state index contributed by atoms with van der Waals surface area (Å²) in [4.78, 5) is 39.7. The van der Waals surface area contributed by atoms with Crippen molar-refractivity contribution in [1.29, 1.82) is 0 Å². The molecular weight excluding hydrogens is 532 g/mol. The molecule has 3 aromatic rings. The number of aliphatic hydroxyl groups excluding tert-OH is 1. The lowest BCUT2D eigenvalue weighted by Gasteiger charge is -2.33. The molecule has 0 radical (unpaired) electrons. The number of hydrogen-bond donors (Lipinski definition) is 3. The van der Waals surface area contributed by atoms with E-state index in [9.17, 15) is 14.7 Å². The van der Waals surface area contributed by atoms with Crippen LogP contribution in [0.15, 0.2) is 52.2 Å². The highest BCUT2D eigenvalue weighted by molar-refractivity contribution is 6.06. The number of amidine groups is 1. The number of aryl methyl sites for hydroxylation is 2. The summed E-state index contributed by atoms with van der Waals surface area (Å²) in [7, 11) is 3.71. The molecule has 0 aromatic carbocycles. The Hall–Kier alpha value is -4.22. The molecule has 0 spiro atoms. The van der Waals surface area contributed by atoms with Crippen molar-refractivity contribution in [3.05, 3.63) is 75.2 Å². The number of rotatable bonds is 5. The Morgan fingerprint density at radius 2 is 2.00 bits per heavy atom. The summed E-state index contributed by atoms with van der Waals surface area (Å²) in [5, 5.41) is 13.9. The highest BCUT2D eigenvalue weighted by atomic mass is 16.3. The SMILES string of the molecule is CC1/C(=C/C(N)=Nc2cc(-c3ccnc(N4CCn5c(cc6c5CCCC6)C4=O)c3CO)cn(C)c2=O)NCCN1C. The summed E-state index contributed by atoms with van der Waals surface area (Å²) < 4.78 is 3.61. The molecule has 11 heteroatoms. The minimum absolute atomic E-state index is 0.113. The topological polar surface area (TPSA) is 134 Å². The highest BCUT2D eigenvalue weighted by Gasteiger charge is 2.32. The predicted octanol–water partition coefficient (Wildman–Crippen LogP) is 2.08. The molecule has 2 aliphatic heterocycles. The van der Waals surface area contributed by atoms with Gasteiger partial charge >= 0.3 is 0 Å². The molecule has 220 valence electrons. The van der Waals surface area contributed by atoms with E-state index in [4.69, 9.17) is 5.73 Å². The third-order valence-corrected chi connectivity index (χ3v) is 8.80. The van der Waals surface area contributed by atoms with Gasteiger partial charge in [0.05, 0.1) is 6.61 Å². The highest BCUT2D eigenvalue weighted by Crippen LogP contribution is 2.34. The van der Waals surface area contributed by atoms with E-state index in [1.165, 1.54) is 15.8 Å². The molecule has 11 nitrogen and oxygen atoms in total. The molecule has 1 fully saturated rings. The molecule has 1 unspecified atom stereocenters. The number of aliphatic imine (C=N–C) groups is 1. The molecule has 42 heavy (non-hydrogen) atoms. The Bertz CT molecular complexity index is 1670. The number of nitrogens with one attached hydrogen (secondary N) is 1. The lowest BCUT2D eigenvalue weighted by atomic mass is 9.98. The van der Waals surface area contributed by atoms with E-state index in [-0.39, 0.29) is 35.6 Å². The van der Waals surface area contributed by atoms with Crippen molar-refractivity contribution in [1.82, 2.24) is 24.3 Å². The van der Waals surface area contributed by atoms with E-state index in [1.54, 1.807) is 42.6 Å². The maximum Gasteiger partial charge on any atom is 0.276 e. The van der Waals surface area contributed by atoms with Crippen molar-refractivity contribution in [2.45, 2.75) is 51.8 Å². The van der Waals surface area contributed by atoms with E-state index in [1.807, 2.05) is 6.07 Å². The van der Waals surface area contributed by atoms with Crippen LogP contribution in [0.25, 0.3) is 11.1 Å². The summed E-state index contributed by atoms with van der Waals surface area (Å²) in [6, 6.07) is 5.64. The van der Waals surface area contributed by atoms with Crippen LogP contribution >= 0.6 is 0 Å². The van der Waals surface area contributed by atoms with Gasteiger partial charge in [0.1, 0.15) is 23.0 Å². The van der Waals surface area contributed by atoms with Gasteiger partial charge in [-0.1, -0.05) is 0 Å². The Kier molecular flexibility index (Phi) is 7.46. The van der Waals surface area contributed by atoms with Crippen LogP contribution in [-0.4, -0.2) is 68.6 Å². The summed E-state index contributed by atoms with van der Waals surface area (Å²) in [6.45, 7) is 4.64. The van der Waals surface area contributed by atoms with Crippen LogP contribution < -0.4 is 21.5 Å². The van der Waals surface area contributed by atoms with Gasteiger partial charge in [0, 0.05) is 80.3 Å². The fraction of sp³-hybridized carbons (Fsp3) is 0.419. The zero-order valence-corrected chi connectivity index (χ0v) is 24.4. The van der Waals surface area contributed by atoms with Crippen molar-refractivity contribution in [3.8, 4) is 11.1 Å². The normalized spacial score (nSPS) is 20.4. The molecule has 1 saturated heterocycles. The molecule has 5 heterocycles. The Balaban J connectivity index is 1.36. The first kappa shape index (κ1) is 27.9. The molecule has 3 aliphatic rings. The van der Waals surface area contributed by atoms with Gasteiger partial charge in [-0.25, -0.2) is 9.98 Å². The summed E-state index contributed by atoms with van der Waals surface area (Å²) in [5.74, 6) is 0.532. The molecule has 4 N–H and O–H groups in total. The first-order valence-electron chi connectivity index (χ1n) is 14.6. The number of anilines is 1. The quantitative estimate of drug-likeness (QED) is 0.316. The van der Waals surface area contributed by atoms with Gasteiger partial charge in [-0.05, 0) is 69.0 Å². The smallest absolute Gasteiger partial charge is 0.276 e. The number of aromatic nitrogens is 3. The minimum atomic E-state index is -0.327. The van der Waals surface area contributed by atoms with Crippen LogP contribution in [0.3, 0.4) is 0 Å². The molecule has 0 saturated carbocycles. The second kappa shape index (κ2) is 11.2. The molecular formula is C31H38N8O3. The van der Waals surface area contributed by atoms with Crippen LogP contribution in [-0.2, 0) is 33.0 Å². The van der Waals surface area contributed by atoms with Crippen LogP contribution in [0, 0.1) is 0 Å². The monoisotopic (exact) mass is 570 g/mol. The molecule has 3 aromatic heterocycles. The third-order valence-electron chi connectivity index (χ3n) is 8.80. The van der Waals surface area contributed by atoms with E-state index in [2.05, 4.69) is 38.7 Å². The van der Waals surface area contributed by atoms with Crippen molar-refractivity contribution < 1.29 is 9.90 Å². The fourth-order valence-corrected chi connectivity index (χ4v) is 6.36. The number of hydrogen-bond acceptors (Lipinski definition) is 7. The maximum atomic E-state index is 13.7. The fourth-order valence-electron chi connectivity index (χ4n) is 6.36. The number of piperazine rings is 1. The number of nitrogens with zero attached hydrogens (tertiary/aromatic N) is 6. The summed E-state index contributed by atoms with van der Waals surface area (Å²) in [6.07, 6.45) is 9.41. The van der Waals surface area contributed by atoms with Crippen LogP contribution in [0.4, 0.5) is 11.5 Å². The number of fused-ring (bicyclic) bond motifs is 3. The lowest BCUT2D eigenvalue weighted by Crippen LogP contribution is -2.46. The average Bonchev–Trinajstić information content (AvgIpc) is 3.37. The average molecular weight is 571 g/mol. The number of pyridine rings is 2. The van der Waals surface area contributed by atoms with Crippen molar-refractivity contribution in [3.63, 3.8) is 0 Å². The molecule has 1 atom stereocenters. The first-order valence-corrected chi connectivity index (χ1v) is 14.6. The number of amides is 1. The second-order valence-corrected chi connectivity index (χ2v) is 11.4. The van der Waals surface area contributed by atoms with Gasteiger partial charge in [0.25, 0.3) is 11.5 Å². The van der Waals surface area contributed by atoms with Gasteiger partial charge in [0.15, 0.2) is 0 Å². The number of likely N-dealkylation sites (N-methyl/N-ethyl adjacent to an activating group) is 1. The number of nitrogens with two attached hydrogens (primary N) is 1. The third kappa shape index (κ3) is 4.92. The first-order chi connectivity index (χ1) is 20.3. The Labute approximate surface area is 245 Å². The van der Waals surface area contributed by atoms with E-state index >= 15 is 0 Å². The van der Waals surface area contributed by atoms with Crippen LogP contribution in [0.2, 0.25) is 0 Å². The molecule has 6 rings (SSSR count). The summed E-state index contributed by atoms with van der Waals surface area (Å²) >= 11 is 0. The Morgan fingerprint density at radius 3 is 2.81 bits per heavy atom. The van der Waals surface area contributed by atoms with E-state index in [0.717, 1.165) is 44.5 Å². The standard InChI is InChI=1S/C31H38N8O3/c1-19-24(33-10-11-36(19)2)16-28(32)35-25-14-21(17-37(3)30(25)41)22-8-9-34-29(23(22)18-40)39-13-12-38-26-7-5-4-6-20(26)15-27(38)31(39)42/h8-9,14-17,19,33,40H,4-7,10-13,18H2,1-3H3,(H2,32,35)/b24-16-. The van der Waals surface area contributed by atoms with Crippen molar-refractivity contribution in [2.24, 2.45) is 17.8 Å². The van der Waals surface area contributed by atoms with Gasteiger partial charge in [-0.3, -0.25) is 19.4 Å². The lowest BCUT2D eigenvalue weighted by molar-refractivity contribution is 0.0963. The van der Waals surface area contributed by atoms with E-state index < -0.39 is 0 Å². The zero-order chi connectivity index (χ0) is 29.5. The maximum absolute atomic E-state index is 13.7. The minimum Gasteiger partial charge on any atom is -0.392 e. The number of carbonyl (C=O) groups excluding carboxylic acids is 1. The van der Waals surface area contributed by atoms with Crippen molar-refractivity contribution >= 4 is 23.2 Å². The van der Waals surface area contributed by atoms with Gasteiger partial charge in [-0.2, -0.15) is 0 Å². The molecule has 0 bridgehead atoms. The van der Waals surface area contributed by atoms with Gasteiger partial charge in [-0.15, -0.1) is 0 Å². The van der Waals surface area contributed by atoms with E-state index in [0.29, 0.717) is 41.3 Å². The number of aliphatic hydroxyl groups is 1. The second-order valence-electron chi connectivity index (χ2n) is 11.4. The molecule has 1 aliphatic carbocycles. The zero-order valence-electron chi connectivity index (χ0n) is 24.4. The predicted molar refractivity (Wildman–Crippen MR) is 163 cm³/mol. The largest absolute Gasteiger partial charge is 0.392 e. The number of carbonyl (C=O) groups is 1. The van der Waals surface area contributed by atoms with Crippen LogP contribution in [0.1, 0.15) is 47.1 Å². The van der Waals surface area contributed by atoms with Crippen LogP contribution in [0.5, 0.6) is 0 Å².